The van der Waals surface area contributed by atoms with E-state index in [1.807, 2.05) is 18.2 Å². The first kappa shape index (κ1) is 16.8. The van der Waals surface area contributed by atoms with Gasteiger partial charge < -0.3 is 9.32 Å². The highest BCUT2D eigenvalue weighted by atomic mass is 19.2. The zero-order chi connectivity index (χ0) is 18.0. The van der Waals surface area contributed by atoms with Gasteiger partial charge in [-0.25, -0.2) is 13.8 Å². The number of hydrogen-bond acceptors (Lipinski definition) is 3. The molecule has 0 aliphatic rings. The first-order chi connectivity index (χ1) is 12.0. The number of carbonyl (C=O) groups excluding carboxylic acids is 1. The topological polar surface area (TPSA) is 46.3 Å². The Hall–Kier alpha value is -3.02. The summed E-state index contributed by atoms with van der Waals surface area (Å²) in [6.07, 6.45) is 2.82. The Morgan fingerprint density at radius 1 is 1.20 bits per heavy atom. The van der Waals surface area contributed by atoms with Gasteiger partial charge in [0.1, 0.15) is 5.52 Å². The first-order valence-corrected chi connectivity index (χ1v) is 7.71. The van der Waals surface area contributed by atoms with Gasteiger partial charge in [-0.3, -0.25) is 4.79 Å². The Bertz CT molecular complexity index is 917. The number of oxazole rings is 1. The van der Waals surface area contributed by atoms with Gasteiger partial charge in [0, 0.05) is 19.2 Å². The van der Waals surface area contributed by atoms with Crippen LogP contribution in [0.25, 0.3) is 17.2 Å². The minimum absolute atomic E-state index is 0.306. The van der Waals surface area contributed by atoms with Crippen LogP contribution in [0.5, 0.6) is 0 Å². The summed E-state index contributed by atoms with van der Waals surface area (Å²) >= 11 is 0. The molecule has 3 aromatic rings. The van der Waals surface area contributed by atoms with E-state index >= 15 is 0 Å². The number of benzene rings is 2. The van der Waals surface area contributed by atoms with Crippen LogP contribution in [-0.4, -0.2) is 22.8 Å². The number of nitrogens with zero attached hydrogens (tertiary/aromatic N) is 2. The van der Waals surface area contributed by atoms with Gasteiger partial charge in [-0.05, 0) is 36.8 Å². The molecule has 1 aromatic heterocycles. The fraction of sp³-hybridized carbons (Fsp3) is 0.158. The Morgan fingerprint density at radius 2 is 1.96 bits per heavy atom. The van der Waals surface area contributed by atoms with Crippen LogP contribution in [0.3, 0.4) is 0 Å². The van der Waals surface area contributed by atoms with Crippen LogP contribution in [0.15, 0.2) is 53.0 Å². The SMILES string of the molecule is C[C@H](c1ccc(F)c(F)c1)N(C)C(=O)/C=C/c1nc2ccccc2o1. The van der Waals surface area contributed by atoms with E-state index < -0.39 is 17.7 Å². The largest absolute Gasteiger partial charge is 0.437 e. The average molecular weight is 342 g/mol. The van der Waals surface area contributed by atoms with Gasteiger partial charge in [-0.1, -0.05) is 18.2 Å². The van der Waals surface area contributed by atoms with Crippen molar-refractivity contribution in [3.63, 3.8) is 0 Å². The van der Waals surface area contributed by atoms with E-state index in [1.165, 1.54) is 23.1 Å². The number of hydrogen-bond donors (Lipinski definition) is 0. The third-order valence-electron chi connectivity index (χ3n) is 4.03. The second kappa shape index (κ2) is 6.84. The third-order valence-corrected chi connectivity index (χ3v) is 4.03. The summed E-state index contributed by atoms with van der Waals surface area (Å²) in [5, 5.41) is 0. The molecule has 0 saturated heterocycles. The van der Waals surface area contributed by atoms with E-state index in [0.29, 0.717) is 22.6 Å². The van der Waals surface area contributed by atoms with E-state index in [4.69, 9.17) is 4.42 Å². The summed E-state index contributed by atoms with van der Waals surface area (Å²) in [5.41, 5.74) is 1.85. The number of carbonyl (C=O) groups is 1. The smallest absolute Gasteiger partial charge is 0.246 e. The predicted molar refractivity (Wildman–Crippen MR) is 90.6 cm³/mol. The highest BCUT2D eigenvalue weighted by Crippen LogP contribution is 2.21. The first-order valence-electron chi connectivity index (χ1n) is 7.71. The molecular weight excluding hydrogens is 326 g/mol. The van der Waals surface area contributed by atoms with Gasteiger partial charge >= 0.3 is 0 Å². The summed E-state index contributed by atoms with van der Waals surface area (Å²) in [5.74, 6) is -1.84. The number of rotatable bonds is 4. The maximum atomic E-state index is 13.4. The quantitative estimate of drug-likeness (QED) is 0.663. The van der Waals surface area contributed by atoms with Crippen LogP contribution in [0.1, 0.15) is 24.4 Å². The maximum Gasteiger partial charge on any atom is 0.246 e. The molecular formula is C19H16F2N2O2. The van der Waals surface area contributed by atoms with E-state index in [1.54, 1.807) is 20.0 Å². The van der Waals surface area contributed by atoms with E-state index in [0.717, 1.165) is 12.1 Å². The van der Waals surface area contributed by atoms with Crippen molar-refractivity contribution in [1.82, 2.24) is 9.88 Å². The molecule has 25 heavy (non-hydrogen) atoms. The number of halogens is 2. The fourth-order valence-corrected chi connectivity index (χ4v) is 2.41. The molecule has 1 heterocycles. The Kier molecular flexibility index (Phi) is 4.61. The van der Waals surface area contributed by atoms with Gasteiger partial charge in [0.2, 0.25) is 11.8 Å². The molecule has 0 unspecified atom stereocenters. The molecule has 0 aliphatic heterocycles. The molecule has 0 aliphatic carbocycles. The number of aromatic nitrogens is 1. The molecule has 4 nitrogen and oxygen atoms in total. The van der Waals surface area contributed by atoms with Crippen molar-refractivity contribution in [2.24, 2.45) is 0 Å². The van der Waals surface area contributed by atoms with Crippen molar-refractivity contribution in [1.29, 1.82) is 0 Å². The molecule has 0 saturated carbocycles. The van der Waals surface area contributed by atoms with Gasteiger partial charge in [0.15, 0.2) is 17.2 Å². The summed E-state index contributed by atoms with van der Waals surface area (Å²) < 4.78 is 31.9. The highest BCUT2D eigenvalue weighted by Gasteiger charge is 2.17. The van der Waals surface area contributed by atoms with Crippen molar-refractivity contribution in [3.05, 3.63) is 71.6 Å². The highest BCUT2D eigenvalue weighted by molar-refractivity contribution is 5.91. The molecule has 0 bridgehead atoms. The van der Waals surface area contributed by atoms with Gasteiger partial charge in [-0.15, -0.1) is 0 Å². The molecule has 3 rings (SSSR count). The monoisotopic (exact) mass is 342 g/mol. The molecule has 2 aromatic carbocycles. The zero-order valence-corrected chi connectivity index (χ0v) is 13.7. The Balaban J connectivity index is 1.73. The minimum atomic E-state index is -0.938. The van der Waals surface area contributed by atoms with Crippen molar-refractivity contribution in [2.75, 3.05) is 7.05 Å². The number of fused-ring (bicyclic) bond motifs is 1. The Morgan fingerprint density at radius 3 is 2.68 bits per heavy atom. The van der Waals surface area contributed by atoms with Gasteiger partial charge in [0.05, 0.1) is 6.04 Å². The van der Waals surface area contributed by atoms with Crippen LogP contribution in [0.2, 0.25) is 0 Å². The van der Waals surface area contributed by atoms with E-state index in [-0.39, 0.29) is 5.91 Å². The second-order valence-electron chi connectivity index (χ2n) is 5.65. The van der Waals surface area contributed by atoms with Crippen LogP contribution < -0.4 is 0 Å². The number of likely N-dealkylation sites (N-methyl/N-ethyl adjacent to an activating group) is 1. The van der Waals surface area contributed by atoms with Crippen molar-refractivity contribution >= 4 is 23.1 Å². The predicted octanol–water partition coefficient (Wildman–Crippen LogP) is 4.34. The summed E-state index contributed by atoms with van der Waals surface area (Å²) in [6.45, 7) is 1.73. The van der Waals surface area contributed by atoms with Crippen molar-refractivity contribution < 1.29 is 18.0 Å². The lowest BCUT2D eigenvalue weighted by molar-refractivity contribution is -0.126. The lowest BCUT2D eigenvalue weighted by Gasteiger charge is -2.24. The fourth-order valence-electron chi connectivity index (χ4n) is 2.41. The van der Waals surface area contributed by atoms with Gasteiger partial charge in [0.25, 0.3) is 0 Å². The van der Waals surface area contributed by atoms with Crippen LogP contribution in [-0.2, 0) is 4.79 Å². The molecule has 6 heteroatoms. The summed E-state index contributed by atoms with van der Waals surface area (Å²) in [6, 6.07) is 10.5. The van der Waals surface area contributed by atoms with Crippen molar-refractivity contribution in [3.8, 4) is 0 Å². The molecule has 0 spiro atoms. The van der Waals surface area contributed by atoms with Crippen LogP contribution in [0.4, 0.5) is 8.78 Å². The molecule has 128 valence electrons. The molecule has 0 fully saturated rings. The molecule has 0 radical (unpaired) electrons. The third kappa shape index (κ3) is 3.57. The van der Waals surface area contributed by atoms with Gasteiger partial charge in [-0.2, -0.15) is 0 Å². The summed E-state index contributed by atoms with van der Waals surface area (Å²) in [4.78, 5) is 18.0. The maximum absolute atomic E-state index is 13.4. The lowest BCUT2D eigenvalue weighted by Crippen LogP contribution is -2.28. The van der Waals surface area contributed by atoms with Crippen molar-refractivity contribution in [2.45, 2.75) is 13.0 Å². The lowest BCUT2D eigenvalue weighted by atomic mass is 10.1. The molecule has 1 amide bonds. The zero-order valence-electron chi connectivity index (χ0n) is 13.7. The van der Waals surface area contributed by atoms with E-state index in [9.17, 15) is 13.6 Å². The van der Waals surface area contributed by atoms with Crippen LogP contribution in [0, 0.1) is 11.6 Å². The Labute approximate surface area is 143 Å². The average Bonchev–Trinajstić information content (AvgIpc) is 3.03. The molecule has 1 atom stereocenters. The standard InChI is InChI=1S/C19H16F2N2O2/c1-12(13-7-8-14(20)15(21)11-13)23(2)19(24)10-9-18-22-16-5-3-4-6-17(16)25-18/h3-12H,1-2H3/b10-9+/t12-/m1/s1. The second-order valence-corrected chi connectivity index (χ2v) is 5.65. The summed E-state index contributed by atoms with van der Waals surface area (Å²) in [7, 11) is 1.59. The van der Waals surface area contributed by atoms with Crippen LogP contribution >= 0.6 is 0 Å². The molecule has 0 N–H and O–H groups in total. The normalized spacial score (nSPS) is 12.6. The number of para-hydroxylation sites is 2. The minimum Gasteiger partial charge on any atom is -0.437 e. The number of amides is 1. The van der Waals surface area contributed by atoms with E-state index in [2.05, 4.69) is 4.98 Å².